The van der Waals surface area contributed by atoms with Crippen LogP contribution in [-0.4, -0.2) is 75.2 Å². The highest BCUT2D eigenvalue weighted by molar-refractivity contribution is 7.97. The second-order valence-electron chi connectivity index (χ2n) is 13.2. The van der Waals surface area contributed by atoms with Crippen LogP contribution in [-0.2, 0) is 9.59 Å². The molecule has 52 heavy (non-hydrogen) atoms. The molecule has 0 radical (unpaired) electrons. The maximum Gasteiger partial charge on any atom is 0.257 e. The number of amides is 3. The van der Waals surface area contributed by atoms with Crippen LogP contribution >= 0.6 is 11.9 Å². The molecule has 0 bridgehead atoms. The molecule has 15 heteroatoms. The van der Waals surface area contributed by atoms with Crippen molar-refractivity contribution in [2.75, 3.05) is 30.3 Å². The molecule has 2 atom stereocenters. The number of allylic oxidation sites excluding steroid dienone is 1. The fourth-order valence-corrected chi connectivity index (χ4v) is 6.69. The Morgan fingerprint density at radius 1 is 1.17 bits per heavy atom. The zero-order valence-corrected chi connectivity index (χ0v) is 30.3. The van der Waals surface area contributed by atoms with Crippen LogP contribution in [0.3, 0.4) is 0 Å². The summed E-state index contributed by atoms with van der Waals surface area (Å²) < 4.78 is 3.40. The highest BCUT2D eigenvalue weighted by atomic mass is 32.2. The van der Waals surface area contributed by atoms with Crippen molar-refractivity contribution >= 4 is 58.8 Å². The van der Waals surface area contributed by atoms with Gasteiger partial charge >= 0.3 is 0 Å². The molecular formula is C37H44N10O4S. The lowest BCUT2D eigenvalue weighted by Crippen LogP contribution is -2.53. The Labute approximate surface area is 307 Å². The van der Waals surface area contributed by atoms with Gasteiger partial charge in [-0.25, -0.2) is 9.97 Å². The van der Waals surface area contributed by atoms with Crippen LogP contribution in [0.1, 0.15) is 86.1 Å². The van der Waals surface area contributed by atoms with Gasteiger partial charge in [0.05, 0.1) is 41.2 Å². The minimum absolute atomic E-state index is 0.163. The quantitative estimate of drug-likeness (QED) is 0.0524. The number of fused-ring (bicyclic) bond motifs is 1. The van der Waals surface area contributed by atoms with E-state index in [1.807, 2.05) is 49.4 Å². The smallest absolute Gasteiger partial charge is 0.257 e. The van der Waals surface area contributed by atoms with Crippen molar-refractivity contribution in [2.45, 2.75) is 75.5 Å². The molecule has 0 saturated carbocycles. The molecule has 1 fully saturated rings. The van der Waals surface area contributed by atoms with Gasteiger partial charge < -0.3 is 26.4 Å². The Kier molecular flexibility index (Phi) is 12.6. The Bertz CT molecular complexity index is 1880. The van der Waals surface area contributed by atoms with Crippen LogP contribution in [0.5, 0.6) is 0 Å². The number of carbonyl (C=O) groups excluding carboxylic acids is 3. The van der Waals surface area contributed by atoms with E-state index >= 15 is 0 Å². The molecule has 3 heterocycles. The van der Waals surface area contributed by atoms with Gasteiger partial charge in [-0.1, -0.05) is 18.6 Å². The van der Waals surface area contributed by atoms with E-state index in [1.54, 1.807) is 30.7 Å². The molecule has 3 aromatic rings. The van der Waals surface area contributed by atoms with Gasteiger partial charge in [0.2, 0.25) is 17.8 Å². The molecule has 2 aromatic carbocycles. The van der Waals surface area contributed by atoms with E-state index in [0.29, 0.717) is 35.7 Å². The van der Waals surface area contributed by atoms with E-state index < -0.39 is 17.6 Å². The number of carbonyl (C=O) groups is 3. The third-order valence-electron chi connectivity index (χ3n) is 8.60. The fraction of sp³-hybridized carbons (Fsp3) is 0.378. The van der Waals surface area contributed by atoms with Crippen LogP contribution in [0.4, 0.5) is 17.3 Å². The summed E-state index contributed by atoms with van der Waals surface area (Å²) in [6.45, 7) is 6.92. The van der Waals surface area contributed by atoms with Crippen molar-refractivity contribution in [1.82, 2.24) is 24.9 Å². The van der Waals surface area contributed by atoms with E-state index in [9.17, 15) is 24.8 Å². The number of nitrogens with zero attached hydrogens (tertiary/aromatic N) is 5. The summed E-state index contributed by atoms with van der Waals surface area (Å²) in [4.78, 5) is 53.3. The molecular weight excluding hydrogens is 681 g/mol. The SMILES string of the molecule is CC1c2cccc(NCCCCCNSc3ccc(Nc4ncc(C#N)c(/C(C=NCC(C)(C)O)=C/N)n4)cc3)c2C(=O)N1C1CCC(=O)NC1=O. The second-order valence-corrected chi connectivity index (χ2v) is 14.2. The van der Waals surface area contributed by atoms with Gasteiger partial charge in [0.1, 0.15) is 12.1 Å². The van der Waals surface area contributed by atoms with Gasteiger partial charge in [-0.3, -0.25) is 29.4 Å². The molecule has 272 valence electrons. The van der Waals surface area contributed by atoms with E-state index in [1.165, 1.54) is 18.6 Å². The molecule has 7 N–H and O–H groups in total. The largest absolute Gasteiger partial charge is 0.404 e. The summed E-state index contributed by atoms with van der Waals surface area (Å²) in [5, 5.41) is 28.5. The predicted octanol–water partition coefficient (Wildman–Crippen LogP) is 4.43. The van der Waals surface area contributed by atoms with Gasteiger partial charge in [-0.05, 0) is 87.9 Å². The van der Waals surface area contributed by atoms with Gasteiger partial charge in [-0.2, -0.15) is 5.26 Å². The number of hydrogen-bond donors (Lipinski definition) is 6. The second kappa shape index (κ2) is 17.3. The number of aliphatic imine (C=N–C) groups is 1. The van der Waals surface area contributed by atoms with E-state index in [0.717, 1.165) is 47.6 Å². The van der Waals surface area contributed by atoms with Gasteiger partial charge in [0.25, 0.3) is 5.91 Å². The number of piperidine rings is 1. The molecule has 1 saturated heterocycles. The van der Waals surface area contributed by atoms with Crippen LogP contribution in [0, 0.1) is 11.3 Å². The van der Waals surface area contributed by atoms with Crippen molar-refractivity contribution in [1.29, 1.82) is 5.26 Å². The molecule has 14 nitrogen and oxygen atoms in total. The molecule has 2 unspecified atom stereocenters. The zero-order valence-electron chi connectivity index (χ0n) is 29.5. The Balaban J connectivity index is 1.04. The lowest BCUT2D eigenvalue weighted by molar-refractivity contribution is -0.137. The highest BCUT2D eigenvalue weighted by Crippen LogP contribution is 2.40. The first-order valence-corrected chi connectivity index (χ1v) is 18.0. The predicted molar refractivity (Wildman–Crippen MR) is 202 cm³/mol. The molecule has 2 aliphatic rings. The van der Waals surface area contributed by atoms with Crippen LogP contribution < -0.4 is 26.4 Å². The Morgan fingerprint density at radius 2 is 1.94 bits per heavy atom. The number of nitrogens with one attached hydrogen (secondary N) is 4. The topological polar surface area (TPSA) is 211 Å². The number of hydrogen-bond acceptors (Lipinski definition) is 13. The summed E-state index contributed by atoms with van der Waals surface area (Å²) in [7, 11) is 0. The molecule has 2 aliphatic heterocycles. The third kappa shape index (κ3) is 9.52. The summed E-state index contributed by atoms with van der Waals surface area (Å²) in [5.74, 6) is -0.593. The number of anilines is 3. The van der Waals surface area contributed by atoms with Crippen molar-refractivity contribution in [3.8, 4) is 6.07 Å². The Hall–Kier alpha value is -5.30. The highest BCUT2D eigenvalue weighted by Gasteiger charge is 2.44. The average molecular weight is 725 g/mol. The molecule has 3 amide bonds. The fourth-order valence-electron chi connectivity index (χ4n) is 6.00. The molecule has 1 aromatic heterocycles. The minimum atomic E-state index is -0.980. The maximum atomic E-state index is 13.5. The number of aromatic nitrogens is 2. The lowest BCUT2D eigenvalue weighted by Gasteiger charge is -2.32. The van der Waals surface area contributed by atoms with Crippen LogP contribution in [0.2, 0.25) is 0 Å². The number of aliphatic hydroxyl groups is 1. The van der Waals surface area contributed by atoms with E-state index in [-0.39, 0.29) is 36.4 Å². The molecule has 0 aliphatic carbocycles. The van der Waals surface area contributed by atoms with Crippen LogP contribution in [0.15, 0.2) is 64.7 Å². The van der Waals surface area contributed by atoms with Crippen molar-refractivity contribution in [3.05, 3.63) is 77.2 Å². The number of imide groups is 1. The maximum absolute atomic E-state index is 13.5. The van der Waals surface area contributed by atoms with Crippen molar-refractivity contribution < 1.29 is 19.5 Å². The van der Waals surface area contributed by atoms with Crippen molar-refractivity contribution in [2.24, 2.45) is 10.7 Å². The number of unbranched alkanes of at least 4 members (excludes halogenated alkanes) is 2. The summed E-state index contributed by atoms with van der Waals surface area (Å²) in [5.41, 5.74) is 8.88. The first-order valence-electron chi connectivity index (χ1n) is 17.2. The number of nitrogens with two attached hydrogens (primary N) is 1. The standard InChI is InChI=1S/C37H44N10O4S/c1-23-28-8-7-9-29(32(28)35(50)47(23)30-14-15-31(48)45-34(30)49)41-16-5-4-6-17-43-52-27-12-10-26(11-13-27)44-36-42-21-25(19-39)33(46-36)24(18-38)20-40-22-37(2,3)51/h7-13,18,20-21,23,30,41,43,51H,4-6,14-17,22,38H2,1-3H3,(H,42,44,46)(H,45,48,49)/b24-18+,40-20?. The zero-order chi connectivity index (χ0) is 37.3. The van der Waals surface area contributed by atoms with E-state index in [4.69, 9.17) is 5.73 Å². The summed E-state index contributed by atoms with van der Waals surface area (Å²) in [6.07, 6.45) is 7.68. The van der Waals surface area contributed by atoms with Crippen LogP contribution in [0.25, 0.3) is 5.57 Å². The minimum Gasteiger partial charge on any atom is -0.404 e. The molecule has 0 spiro atoms. The van der Waals surface area contributed by atoms with Gasteiger partial charge in [0.15, 0.2) is 0 Å². The number of nitriles is 1. The van der Waals surface area contributed by atoms with Crippen molar-refractivity contribution in [3.63, 3.8) is 0 Å². The third-order valence-corrected chi connectivity index (χ3v) is 9.46. The van der Waals surface area contributed by atoms with Gasteiger partial charge in [0, 0.05) is 53.8 Å². The first kappa shape index (κ1) is 37.9. The summed E-state index contributed by atoms with van der Waals surface area (Å²) in [6, 6.07) is 14.7. The van der Waals surface area contributed by atoms with E-state index in [2.05, 4.69) is 41.7 Å². The normalized spacial score (nSPS) is 17.6. The molecule has 5 rings (SSSR count). The lowest BCUT2D eigenvalue weighted by atomic mass is 10.0. The average Bonchev–Trinajstić information content (AvgIpc) is 3.37. The van der Waals surface area contributed by atoms with Gasteiger partial charge in [-0.15, -0.1) is 0 Å². The number of benzene rings is 2. The first-order chi connectivity index (χ1) is 25.0. The summed E-state index contributed by atoms with van der Waals surface area (Å²) >= 11 is 1.54. The number of rotatable bonds is 16. The Morgan fingerprint density at radius 3 is 2.65 bits per heavy atom. The monoisotopic (exact) mass is 724 g/mol.